The van der Waals surface area contributed by atoms with Gasteiger partial charge in [0.15, 0.2) is 5.88 Å². The van der Waals surface area contributed by atoms with Gasteiger partial charge in [0.1, 0.15) is 6.61 Å². The summed E-state index contributed by atoms with van der Waals surface area (Å²) in [5, 5.41) is 3.25. The summed E-state index contributed by atoms with van der Waals surface area (Å²) in [6, 6.07) is 0. The summed E-state index contributed by atoms with van der Waals surface area (Å²) >= 11 is 0. The molecule has 0 aromatic heterocycles. The predicted molar refractivity (Wildman–Crippen MR) is 63.6 cm³/mol. The zero-order valence-electron chi connectivity index (χ0n) is 10.1. The number of allylic oxidation sites excluding steroid dienone is 2. The maximum Gasteiger partial charge on any atom is 0.189 e. The van der Waals surface area contributed by atoms with Crippen molar-refractivity contribution < 1.29 is 9.13 Å². The van der Waals surface area contributed by atoms with Crippen LogP contribution in [0.3, 0.4) is 0 Å². The molecule has 0 unspecified atom stereocenters. The molecule has 3 nitrogen and oxygen atoms in total. The molecule has 4 heteroatoms. The maximum absolute atomic E-state index is 12.2. The second kappa shape index (κ2) is 7.28. The van der Waals surface area contributed by atoms with Crippen molar-refractivity contribution in [1.29, 1.82) is 0 Å². The van der Waals surface area contributed by atoms with E-state index in [2.05, 4.69) is 23.2 Å². The van der Waals surface area contributed by atoms with E-state index in [0.717, 1.165) is 31.2 Å². The molecule has 0 saturated heterocycles. The lowest BCUT2D eigenvalue weighted by molar-refractivity contribution is 0.136. The Kier molecular flexibility index (Phi) is 5.93. The standard InChI is InChI=1S/C12H21FN2O/c1-3-15-11(2)6-8-14-9-10-16-12(15)5-4-7-13/h5-6,14H,3-4,7-10H2,1-2H3/b11-6+,12-5+. The van der Waals surface area contributed by atoms with Crippen molar-refractivity contribution in [2.75, 3.05) is 32.9 Å². The molecule has 1 aliphatic rings. The van der Waals surface area contributed by atoms with Gasteiger partial charge in [-0.3, -0.25) is 4.39 Å². The summed E-state index contributed by atoms with van der Waals surface area (Å²) in [6.07, 6.45) is 4.36. The SMILES string of the molecule is CCN1/C(C)=C/CNCCO/C1=C/CCF. The Morgan fingerprint density at radius 3 is 3.12 bits per heavy atom. The van der Waals surface area contributed by atoms with Crippen molar-refractivity contribution in [1.82, 2.24) is 10.2 Å². The Morgan fingerprint density at radius 2 is 2.44 bits per heavy atom. The first-order chi connectivity index (χ1) is 7.79. The third-order valence-electron chi connectivity index (χ3n) is 2.51. The van der Waals surface area contributed by atoms with Gasteiger partial charge in [-0.15, -0.1) is 0 Å². The molecule has 0 atom stereocenters. The van der Waals surface area contributed by atoms with E-state index in [4.69, 9.17) is 4.74 Å². The van der Waals surface area contributed by atoms with Crippen molar-refractivity contribution in [2.24, 2.45) is 0 Å². The number of hydrogen-bond donors (Lipinski definition) is 1. The minimum Gasteiger partial charge on any atom is -0.478 e. The first kappa shape index (κ1) is 13.0. The third-order valence-corrected chi connectivity index (χ3v) is 2.51. The van der Waals surface area contributed by atoms with Crippen molar-refractivity contribution in [3.8, 4) is 0 Å². The second-order valence-corrected chi connectivity index (χ2v) is 3.66. The average Bonchev–Trinajstić information content (AvgIpc) is 2.37. The third kappa shape index (κ3) is 3.85. The van der Waals surface area contributed by atoms with Crippen LogP contribution in [0.1, 0.15) is 20.3 Å². The highest BCUT2D eigenvalue weighted by Gasteiger charge is 2.11. The van der Waals surface area contributed by atoms with Crippen LogP contribution in [-0.2, 0) is 4.74 Å². The molecule has 1 aliphatic heterocycles. The lowest BCUT2D eigenvalue weighted by Crippen LogP contribution is -2.23. The van der Waals surface area contributed by atoms with E-state index in [1.165, 1.54) is 0 Å². The summed E-state index contributed by atoms with van der Waals surface area (Å²) in [4.78, 5) is 2.07. The molecule has 1 N–H and O–H groups in total. The number of nitrogens with one attached hydrogen (secondary N) is 1. The minimum absolute atomic E-state index is 0.342. The topological polar surface area (TPSA) is 24.5 Å². The van der Waals surface area contributed by atoms with Gasteiger partial charge in [-0.25, -0.2) is 0 Å². The van der Waals surface area contributed by atoms with Crippen LogP contribution in [0.25, 0.3) is 0 Å². The van der Waals surface area contributed by atoms with E-state index in [9.17, 15) is 4.39 Å². The van der Waals surface area contributed by atoms with Crippen molar-refractivity contribution in [2.45, 2.75) is 20.3 Å². The van der Waals surface area contributed by atoms with Gasteiger partial charge in [0.05, 0.1) is 6.67 Å². The van der Waals surface area contributed by atoms with Gasteiger partial charge in [0.2, 0.25) is 0 Å². The monoisotopic (exact) mass is 228 g/mol. The van der Waals surface area contributed by atoms with Crippen LogP contribution in [0.5, 0.6) is 0 Å². The first-order valence-electron chi connectivity index (χ1n) is 5.83. The van der Waals surface area contributed by atoms with E-state index >= 15 is 0 Å². The van der Waals surface area contributed by atoms with E-state index in [-0.39, 0.29) is 6.67 Å². The molecule has 0 fully saturated rings. The van der Waals surface area contributed by atoms with E-state index in [1.807, 2.05) is 13.0 Å². The van der Waals surface area contributed by atoms with Crippen LogP contribution < -0.4 is 5.32 Å². The average molecular weight is 228 g/mol. The molecular formula is C12H21FN2O. The fourth-order valence-electron chi connectivity index (χ4n) is 1.66. The number of ether oxygens (including phenoxy) is 1. The summed E-state index contributed by atoms with van der Waals surface area (Å²) in [7, 11) is 0. The molecule has 0 amide bonds. The molecular weight excluding hydrogens is 207 g/mol. The number of nitrogens with zero attached hydrogens (tertiary/aromatic N) is 1. The van der Waals surface area contributed by atoms with Gasteiger partial charge in [-0.2, -0.15) is 0 Å². The number of halogens is 1. The first-order valence-corrected chi connectivity index (χ1v) is 5.83. The van der Waals surface area contributed by atoms with Crippen LogP contribution in [0.2, 0.25) is 0 Å². The van der Waals surface area contributed by atoms with Gasteiger partial charge >= 0.3 is 0 Å². The lowest BCUT2D eigenvalue weighted by Gasteiger charge is -2.26. The van der Waals surface area contributed by atoms with Gasteiger partial charge in [0, 0.05) is 25.3 Å². The van der Waals surface area contributed by atoms with Crippen LogP contribution in [0.15, 0.2) is 23.7 Å². The summed E-state index contributed by atoms with van der Waals surface area (Å²) in [5.74, 6) is 0.776. The molecule has 0 radical (unpaired) electrons. The van der Waals surface area contributed by atoms with E-state index < -0.39 is 0 Å². The highest BCUT2D eigenvalue weighted by molar-refractivity contribution is 5.08. The van der Waals surface area contributed by atoms with Gasteiger partial charge in [0.25, 0.3) is 0 Å². The Balaban J connectivity index is 2.81. The fraction of sp³-hybridized carbons (Fsp3) is 0.667. The van der Waals surface area contributed by atoms with Gasteiger partial charge in [-0.05, 0) is 26.3 Å². The Hall–Kier alpha value is -1.03. The molecule has 92 valence electrons. The van der Waals surface area contributed by atoms with E-state index in [1.54, 1.807) is 0 Å². The summed E-state index contributed by atoms with van der Waals surface area (Å²) < 4.78 is 17.8. The van der Waals surface area contributed by atoms with Crippen LogP contribution in [0.4, 0.5) is 4.39 Å². The molecule has 1 rings (SSSR count). The van der Waals surface area contributed by atoms with Crippen molar-refractivity contribution in [3.63, 3.8) is 0 Å². The smallest absolute Gasteiger partial charge is 0.189 e. The largest absolute Gasteiger partial charge is 0.478 e. The van der Waals surface area contributed by atoms with Gasteiger partial charge < -0.3 is 15.0 Å². The van der Waals surface area contributed by atoms with Crippen molar-refractivity contribution in [3.05, 3.63) is 23.7 Å². The Bertz CT molecular complexity index is 264. The molecule has 0 saturated carbocycles. The number of rotatable bonds is 3. The molecule has 0 aromatic rings. The maximum atomic E-state index is 12.2. The Morgan fingerprint density at radius 1 is 1.62 bits per heavy atom. The summed E-state index contributed by atoms with van der Waals surface area (Å²) in [6.45, 7) is 6.89. The quantitative estimate of drug-likeness (QED) is 0.800. The molecule has 0 aliphatic carbocycles. The highest BCUT2D eigenvalue weighted by atomic mass is 19.1. The van der Waals surface area contributed by atoms with Crippen molar-refractivity contribution >= 4 is 0 Å². The Labute approximate surface area is 97.0 Å². The van der Waals surface area contributed by atoms with Gasteiger partial charge in [-0.1, -0.05) is 6.08 Å². The fourth-order valence-corrected chi connectivity index (χ4v) is 1.66. The highest BCUT2D eigenvalue weighted by Crippen LogP contribution is 2.15. The second-order valence-electron chi connectivity index (χ2n) is 3.66. The van der Waals surface area contributed by atoms with Crippen LogP contribution in [0, 0.1) is 0 Å². The molecule has 0 spiro atoms. The lowest BCUT2D eigenvalue weighted by atomic mass is 10.3. The van der Waals surface area contributed by atoms with E-state index in [0.29, 0.717) is 13.0 Å². The summed E-state index contributed by atoms with van der Waals surface area (Å²) in [5.41, 5.74) is 1.14. The number of hydrogen-bond acceptors (Lipinski definition) is 3. The van der Waals surface area contributed by atoms with Crippen LogP contribution >= 0.6 is 0 Å². The normalized spacial score (nSPS) is 24.1. The molecule has 16 heavy (non-hydrogen) atoms. The predicted octanol–water partition coefficient (Wildman–Crippen LogP) is 2.03. The number of alkyl halides is 1. The molecule has 1 heterocycles. The zero-order valence-corrected chi connectivity index (χ0v) is 10.1. The van der Waals surface area contributed by atoms with Crippen LogP contribution in [-0.4, -0.2) is 37.8 Å². The molecule has 0 bridgehead atoms. The zero-order chi connectivity index (χ0) is 11.8. The minimum atomic E-state index is -0.342. The molecule has 0 aromatic carbocycles.